The average Bonchev–Trinajstić information content (AvgIpc) is 3.37. The summed E-state index contributed by atoms with van der Waals surface area (Å²) in [7, 11) is 0. The molecule has 0 radical (unpaired) electrons. The lowest BCUT2D eigenvalue weighted by Gasteiger charge is -2.22. The number of amides is 1. The number of aromatic nitrogens is 2. The fourth-order valence-corrected chi connectivity index (χ4v) is 4.41. The van der Waals surface area contributed by atoms with Gasteiger partial charge in [0, 0.05) is 36.0 Å². The van der Waals surface area contributed by atoms with E-state index in [1.54, 1.807) is 16.7 Å². The molecule has 0 saturated heterocycles. The molecule has 0 N–H and O–H groups in total. The van der Waals surface area contributed by atoms with Crippen LogP contribution in [0, 0.1) is 0 Å². The van der Waals surface area contributed by atoms with Crippen LogP contribution in [0.1, 0.15) is 24.1 Å². The van der Waals surface area contributed by atoms with Gasteiger partial charge in [0.2, 0.25) is 5.91 Å². The van der Waals surface area contributed by atoms with Crippen LogP contribution in [0.3, 0.4) is 0 Å². The van der Waals surface area contributed by atoms with Crippen molar-refractivity contribution in [3.8, 4) is 0 Å². The van der Waals surface area contributed by atoms with E-state index in [0.717, 1.165) is 24.1 Å². The number of thiazole rings is 1. The van der Waals surface area contributed by atoms with Crippen LogP contribution >= 0.6 is 23.1 Å². The lowest BCUT2D eigenvalue weighted by molar-refractivity contribution is -0.129. The molecule has 7 heteroatoms. The molecule has 1 aromatic carbocycles. The molecule has 0 aliphatic heterocycles. The van der Waals surface area contributed by atoms with E-state index < -0.39 is 0 Å². The van der Waals surface area contributed by atoms with Crippen LogP contribution in [0.25, 0.3) is 4.96 Å². The Labute approximate surface area is 159 Å². The summed E-state index contributed by atoms with van der Waals surface area (Å²) in [5.41, 5.74) is 1.83. The first kappa shape index (κ1) is 17.3. The molecule has 0 unspecified atom stereocenters. The topological polar surface area (TPSA) is 54.7 Å². The summed E-state index contributed by atoms with van der Waals surface area (Å²) in [6.07, 6.45) is 3.92. The van der Waals surface area contributed by atoms with E-state index in [9.17, 15) is 9.59 Å². The molecule has 4 rings (SSSR count). The average molecular weight is 386 g/mol. The smallest absolute Gasteiger partial charge is 0.258 e. The molecule has 0 bridgehead atoms. The van der Waals surface area contributed by atoms with Gasteiger partial charge in [-0.1, -0.05) is 30.3 Å². The predicted octanol–water partition coefficient (Wildman–Crippen LogP) is 3.18. The molecule has 1 aliphatic rings. The highest BCUT2D eigenvalue weighted by Gasteiger charge is 2.32. The van der Waals surface area contributed by atoms with Gasteiger partial charge in [0.15, 0.2) is 4.96 Å². The lowest BCUT2D eigenvalue weighted by atomic mass is 10.2. The molecule has 0 atom stereocenters. The number of benzene rings is 1. The van der Waals surface area contributed by atoms with Gasteiger partial charge < -0.3 is 4.90 Å². The van der Waals surface area contributed by atoms with E-state index in [1.165, 1.54) is 23.1 Å². The Bertz CT molecular complexity index is 964. The SMILES string of the molecule is O=C(CSCc1cc(=O)n2ccsc2n1)N(Cc1ccccc1)C1CC1. The molecule has 1 saturated carbocycles. The molecule has 0 spiro atoms. The second kappa shape index (κ2) is 7.63. The molecule has 134 valence electrons. The first-order valence-electron chi connectivity index (χ1n) is 8.57. The summed E-state index contributed by atoms with van der Waals surface area (Å²) in [6.45, 7) is 0.672. The third-order valence-electron chi connectivity index (χ3n) is 4.34. The van der Waals surface area contributed by atoms with Crippen LogP contribution in [-0.2, 0) is 17.1 Å². The van der Waals surface area contributed by atoms with Gasteiger partial charge in [0.25, 0.3) is 5.56 Å². The lowest BCUT2D eigenvalue weighted by Crippen LogP contribution is -2.34. The van der Waals surface area contributed by atoms with E-state index in [4.69, 9.17) is 0 Å². The maximum Gasteiger partial charge on any atom is 0.258 e. The van der Waals surface area contributed by atoms with Gasteiger partial charge in [-0.25, -0.2) is 4.98 Å². The summed E-state index contributed by atoms with van der Waals surface area (Å²) in [5, 5.41) is 1.85. The molecule has 2 heterocycles. The first-order valence-corrected chi connectivity index (χ1v) is 10.6. The molecule has 3 aromatic rings. The van der Waals surface area contributed by atoms with Gasteiger partial charge in [0.05, 0.1) is 11.4 Å². The molecule has 26 heavy (non-hydrogen) atoms. The van der Waals surface area contributed by atoms with Crippen LogP contribution in [0.5, 0.6) is 0 Å². The summed E-state index contributed by atoms with van der Waals surface area (Å²) in [6, 6.07) is 12.1. The number of rotatable bonds is 7. The molecular formula is C19H19N3O2S2. The molecule has 1 fully saturated rings. The highest BCUT2D eigenvalue weighted by atomic mass is 32.2. The summed E-state index contributed by atoms with van der Waals surface area (Å²) >= 11 is 2.96. The van der Waals surface area contributed by atoms with E-state index in [-0.39, 0.29) is 11.5 Å². The number of thioether (sulfide) groups is 1. The van der Waals surface area contributed by atoms with Crippen LogP contribution in [-0.4, -0.2) is 32.0 Å². The molecular weight excluding hydrogens is 366 g/mol. The number of carbonyl (C=O) groups is 1. The zero-order valence-corrected chi connectivity index (χ0v) is 15.8. The number of hydrogen-bond donors (Lipinski definition) is 0. The Hall–Kier alpha value is -2.12. The Morgan fingerprint density at radius 3 is 2.88 bits per heavy atom. The second-order valence-electron chi connectivity index (χ2n) is 6.37. The van der Waals surface area contributed by atoms with Gasteiger partial charge in [-0.2, -0.15) is 0 Å². The van der Waals surface area contributed by atoms with Crippen molar-refractivity contribution in [3.63, 3.8) is 0 Å². The van der Waals surface area contributed by atoms with Crippen LogP contribution in [0.15, 0.2) is 52.8 Å². The first-order chi connectivity index (χ1) is 12.7. The molecule has 5 nitrogen and oxygen atoms in total. The van der Waals surface area contributed by atoms with Crippen molar-refractivity contribution >= 4 is 34.0 Å². The fraction of sp³-hybridized carbons (Fsp3) is 0.316. The molecule has 1 amide bonds. The summed E-state index contributed by atoms with van der Waals surface area (Å²) in [5.74, 6) is 1.14. The number of hydrogen-bond acceptors (Lipinski definition) is 5. The van der Waals surface area contributed by atoms with Crippen molar-refractivity contribution < 1.29 is 4.79 Å². The van der Waals surface area contributed by atoms with Crippen molar-refractivity contribution in [1.29, 1.82) is 0 Å². The van der Waals surface area contributed by atoms with Crippen LogP contribution < -0.4 is 5.56 Å². The highest BCUT2D eigenvalue weighted by molar-refractivity contribution is 7.99. The van der Waals surface area contributed by atoms with Crippen molar-refractivity contribution in [2.24, 2.45) is 0 Å². The number of fused-ring (bicyclic) bond motifs is 1. The summed E-state index contributed by atoms with van der Waals surface area (Å²) < 4.78 is 1.54. The van der Waals surface area contributed by atoms with Crippen molar-refractivity contribution in [2.45, 2.75) is 31.2 Å². The fourth-order valence-electron chi connectivity index (χ4n) is 2.87. The summed E-state index contributed by atoms with van der Waals surface area (Å²) in [4.78, 5) is 31.9. The molecule has 1 aliphatic carbocycles. The third kappa shape index (κ3) is 3.99. The number of nitrogens with zero attached hydrogens (tertiary/aromatic N) is 3. The Kier molecular flexibility index (Phi) is 5.08. The minimum Gasteiger partial charge on any atom is -0.335 e. The van der Waals surface area contributed by atoms with E-state index >= 15 is 0 Å². The quantitative estimate of drug-likeness (QED) is 0.627. The minimum absolute atomic E-state index is 0.0677. The van der Waals surface area contributed by atoms with Crippen molar-refractivity contribution in [1.82, 2.24) is 14.3 Å². The zero-order valence-electron chi connectivity index (χ0n) is 14.2. The maximum absolute atomic E-state index is 12.7. The zero-order chi connectivity index (χ0) is 17.9. The highest BCUT2D eigenvalue weighted by Crippen LogP contribution is 2.29. The van der Waals surface area contributed by atoms with Crippen molar-refractivity contribution in [2.75, 3.05) is 5.75 Å². The number of carbonyl (C=O) groups excluding carboxylic acids is 1. The minimum atomic E-state index is -0.0677. The van der Waals surface area contributed by atoms with Gasteiger partial charge >= 0.3 is 0 Å². The Balaban J connectivity index is 1.36. The van der Waals surface area contributed by atoms with Crippen molar-refractivity contribution in [3.05, 3.63) is 69.6 Å². The van der Waals surface area contributed by atoms with Gasteiger partial charge in [0.1, 0.15) is 0 Å². The second-order valence-corrected chi connectivity index (χ2v) is 8.23. The predicted molar refractivity (Wildman–Crippen MR) is 106 cm³/mol. The molecule has 2 aromatic heterocycles. The largest absolute Gasteiger partial charge is 0.335 e. The van der Waals surface area contributed by atoms with E-state index in [0.29, 0.717) is 29.1 Å². The Morgan fingerprint density at radius 1 is 1.31 bits per heavy atom. The van der Waals surface area contributed by atoms with E-state index in [2.05, 4.69) is 17.1 Å². The maximum atomic E-state index is 12.7. The monoisotopic (exact) mass is 385 g/mol. The van der Waals surface area contributed by atoms with Gasteiger partial charge in [-0.3, -0.25) is 14.0 Å². The van der Waals surface area contributed by atoms with Gasteiger partial charge in [-0.05, 0) is 18.4 Å². The Morgan fingerprint density at radius 2 is 2.12 bits per heavy atom. The normalized spacial score (nSPS) is 13.8. The van der Waals surface area contributed by atoms with Crippen LogP contribution in [0.2, 0.25) is 0 Å². The van der Waals surface area contributed by atoms with E-state index in [1.807, 2.05) is 28.5 Å². The van der Waals surface area contributed by atoms with Gasteiger partial charge in [-0.15, -0.1) is 23.1 Å². The van der Waals surface area contributed by atoms with Crippen LogP contribution in [0.4, 0.5) is 0 Å². The third-order valence-corrected chi connectivity index (χ3v) is 6.04. The standard InChI is InChI=1S/C19H19N3O2S2/c23-17-10-15(20-19-21(17)8-9-26-19)12-25-13-18(24)22(16-6-7-16)11-14-4-2-1-3-5-14/h1-5,8-10,16H,6-7,11-13H2.